The molecule has 188 valence electrons. The van der Waals surface area contributed by atoms with E-state index in [2.05, 4.69) is 10.1 Å². The smallest absolute Gasteiger partial charge is 0.343 e. The summed E-state index contributed by atoms with van der Waals surface area (Å²) in [6, 6.07) is 15.3. The van der Waals surface area contributed by atoms with Gasteiger partial charge in [0.15, 0.2) is 0 Å². The number of carbonyl (C=O) groups excluding carboxylic acids is 1. The minimum Gasteiger partial charge on any atom is -0.482 e. The van der Waals surface area contributed by atoms with Crippen LogP contribution in [0.2, 0.25) is 0 Å². The SMILES string of the molecule is CCOC(=O)c1c(OCc2ccccc2)c(=O)n(Cc2cnn(CCc3ccncc3)c2)c2ccsc12. The molecule has 0 unspecified atom stereocenters. The molecular formula is C28H26N4O4S. The first kappa shape index (κ1) is 24.5. The highest BCUT2D eigenvalue weighted by atomic mass is 32.1. The van der Waals surface area contributed by atoms with E-state index in [9.17, 15) is 9.59 Å². The highest BCUT2D eigenvalue weighted by molar-refractivity contribution is 7.17. The van der Waals surface area contributed by atoms with Gasteiger partial charge < -0.3 is 9.47 Å². The fraction of sp³-hybridized carbons (Fsp3) is 0.214. The van der Waals surface area contributed by atoms with E-state index < -0.39 is 5.97 Å². The van der Waals surface area contributed by atoms with Crippen molar-refractivity contribution in [3.05, 3.63) is 111 Å². The average Bonchev–Trinajstić information content (AvgIpc) is 3.59. The number of benzene rings is 1. The van der Waals surface area contributed by atoms with Crippen molar-refractivity contribution in [3.8, 4) is 5.75 Å². The Labute approximate surface area is 217 Å². The lowest BCUT2D eigenvalue weighted by Gasteiger charge is -2.15. The van der Waals surface area contributed by atoms with Gasteiger partial charge in [-0.3, -0.25) is 19.0 Å². The molecule has 0 fully saturated rings. The Morgan fingerprint density at radius 2 is 1.84 bits per heavy atom. The number of fused-ring (bicyclic) bond motifs is 1. The second kappa shape index (κ2) is 11.2. The molecule has 0 aliphatic heterocycles. The molecule has 0 N–H and O–H groups in total. The number of hydrogen-bond acceptors (Lipinski definition) is 7. The van der Waals surface area contributed by atoms with Gasteiger partial charge in [0, 0.05) is 30.7 Å². The van der Waals surface area contributed by atoms with Gasteiger partial charge in [0.05, 0.1) is 29.6 Å². The van der Waals surface area contributed by atoms with Crippen LogP contribution >= 0.6 is 11.3 Å². The first-order chi connectivity index (χ1) is 18.1. The van der Waals surface area contributed by atoms with Crippen LogP contribution in [0.3, 0.4) is 0 Å². The van der Waals surface area contributed by atoms with Crippen LogP contribution in [0, 0.1) is 0 Å². The van der Waals surface area contributed by atoms with Gasteiger partial charge in [-0.2, -0.15) is 5.10 Å². The summed E-state index contributed by atoms with van der Waals surface area (Å²) in [5.41, 5.74) is 3.41. The average molecular weight is 515 g/mol. The molecule has 0 saturated carbocycles. The van der Waals surface area contributed by atoms with Crippen LogP contribution in [0.25, 0.3) is 10.2 Å². The Balaban J connectivity index is 1.47. The molecule has 0 spiro atoms. The summed E-state index contributed by atoms with van der Waals surface area (Å²) in [5.74, 6) is -0.562. The van der Waals surface area contributed by atoms with Gasteiger partial charge in [-0.15, -0.1) is 11.3 Å². The maximum absolute atomic E-state index is 13.8. The molecule has 8 nitrogen and oxygen atoms in total. The normalized spacial score (nSPS) is 11.1. The van der Waals surface area contributed by atoms with Crippen LogP contribution < -0.4 is 10.3 Å². The third-order valence-electron chi connectivity index (χ3n) is 5.94. The van der Waals surface area contributed by atoms with Crippen molar-refractivity contribution in [2.75, 3.05) is 6.61 Å². The van der Waals surface area contributed by atoms with E-state index in [0.29, 0.717) is 23.3 Å². The van der Waals surface area contributed by atoms with Crippen molar-refractivity contribution >= 4 is 27.5 Å². The minimum atomic E-state index is -0.564. The molecule has 0 amide bonds. The molecule has 0 aliphatic rings. The van der Waals surface area contributed by atoms with Crippen LogP contribution in [0.15, 0.2) is 83.5 Å². The molecular weight excluding hydrogens is 488 g/mol. The predicted octanol–water partition coefficient (Wildman–Crippen LogP) is 4.70. The van der Waals surface area contributed by atoms with Crippen molar-refractivity contribution in [2.24, 2.45) is 0 Å². The van der Waals surface area contributed by atoms with Crippen molar-refractivity contribution < 1.29 is 14.3 Å². The number of pyridine rings is 2. The molecule has 5 aromatic rings. The summed E-state index contributed by atoms with van der Waals surface area (Å²) in [4.78, 5) is 30.7. The molecule has 0 aliphatic carbocycles. The lowest BCUT2D eigenvalue weighted by atomic mass is 10.2. The standard InChI is InChI=1S/C28H26N4O4S/c1-2-35-28(34)24-25(36-19-21-6-4-3-5-7-21)27(33)32(23-11-15-37-26(23)24)18-22-16-30-31(17-22)14-10-20-8-12-29-13-9-20/h3-9,11-13,15-17H,2,10,14,18-19H2,1H3. The fourth-order valence-corrected chi connectivity index (χ4v) is 5.07. The number of ether oxygens (including phenoxy) is 2. The highest BCUT2D eigenvalue weighted by Crippen LogP contribution is 2.31. The predicted molar refractivity (Wildman–Crippen MR) is 142 cm³/mol. The Hall–Kier alpha value is -4.24. The van der Waals surface area contributed by atoms with Gasteiger partial charge in [0.1, 0.15) is 12.2 Å². The van der Waals surface area contributed by atoms with Crippen LogP contribution in [-0.2, 0) is 30.9 Å². The third-order valence-corrected chi connectivity index (χ3v) is 6.86. The third kappa shape index (κ3) is 5.46. The number of rotatable bonds is 10. The van der Waals surface area contributed by atoms with Crippen LogP contribution in [0.4, 0.5) is 0 Å². The molecule has 4 heterocycles. The van der Waals surface area contributed by atoms with E-state index in [0.717, 1.165) is 17.5 Å². The van der Waals surface area contributed by atoms with E-state index in [4.69, 9.17) is 9.47 Å². The van der Waals surface area contributed by atoms with Gasteiger partial charge in [-0.05, 0) is 48.1 Å². The number of esters is 1. The molecule has 0 bridgehead atoms. The van der Waals surface area contributed by atoms with Crippen molar-refractivity contribution in [3.63, 3.8) is 0 Å². The fourth-order valence-electron chi connectivity index (χ4n) is 4.14. The molecule has 4 aromatic heterocycles. The van der Waals surface area contributed by atoms with Gasteiger partial charge >= 0.3 is 5.97 Å². The number of aromatic nitrogens is 4. The largest absolute Gasteiger partial charge is 0.482 e. The Morgan fingerprint density at radius 1 is 1.03 bits per heavy atom. The van der Waals surface area contributed by atoms with E-state index in [1.807, 2.05) is 64.8 Å². The molecule has 1 aromatic carbocycles. The van der Waals surface area contributed by atoms with Gasteiger partial charge in [-0.25, -0.2) is 4.79 Å². The number of hydrogen-bond donors (Lipinski definition) is 0. The minimum absolute atomic E-state index is 0.00216. The number of carbonyl (C=O) groups is 1. The van der Waals surface area contributed by atoms with Crippen LogP contribution in [0.5, 0.6) is 5.75 Å². The summed E-state index contributed by atoms with van der Waals surface area (Å²) in [5, 5.41) is 6.34. The summed E-state index contributed by atoms with van der Waals surface area (Å²) in [6.45, 7) is 3.10. The van der Waals surface area contributed by atoms with Gasteiger partial charge in [0.2, 0.25) is 5.75 Å². The lowest BCUT2D eigenvalue weighted by Crippen LogP contribution is -2.26. The summed E-state index contributed by atoms with van der Waals surface area (Å²) >= 11 is 1.38. The molecule has 9 heteroatoms. The number of thiophene rings is 1. The first-order valence-corrected chi connectivity index (χ1v) is 12.9. The summed E-state index contributed by atoms with van der Waals surface area (Å²) < 4.78 is 15.5. The zero-order valence-electron chi connectivity index (χ0n) is 20.4. The van der Waals surface area contributed by atoms with E-state index in [1.54, 1.807) is 30.1 Å². The number of aryl methyl sites for hydroxylation is 2. The van der Waals surface area contributed by atoms with E-state index >= 15 is 0 Å². The topological polar surface area (TPSA) is 88.2 Å². The first-order valence-electron chi connectivity index (χ1n) is 12.0. The maximum Gasteiger partial charge on any atom is 0.343 e. The molecule has 0 saturated heterocycles. The monoisotopic (exact) mass is 514 g/mol. The van der Waals surface area contributed by atoms with Crippen molar-refractivity contribution in [1.82, 2.24) is 19.3 Å². The zero-order valence-corrected chi connectivity index (χ0v) is 21.2. The van der Waals surface area contributed by atoms with Crippen LogP contribution in [-0.4, -0.2) is 31.9 Å². The van der Waals surface area contributed by atoms with E-state index in [1.165, 1.54) is 16.9 Å². The van der Waals surface area contributed by atoms with Gasteiger partial charge in [-0.1, -0.05) is 30.3 Å². The second-order valence-electron chi connectivity index (χ2n) is 8.44. The molecule has 5 rings (SSSR count). The molecule has 0 atom stereocenters. The Kier molecular flexibility index (Phi) is 7.41. The van der Waals surface area contributed by atoms with Crippen LogP contribution in [0.1, 0.15) is 34.0 Å². The Morgan fingerprint density at radius 3 is 2.62 bits per heavy atom. The Bertz CT molecular complexity index is 1560. The quantitative estimate of drug-likeness (QED) is 0.251. The van der Waals surface area contributed by atoms with Gasteiger partial charge in [0.25, 0.3) is 5.56 Å². The lowest BCUT2D eigenvalue weighted by molar-refractivity contribution is 0.0523. The number of nitrogens with zero attached hydrogens (tertiary/aromatic N) is 4. The molecule has 37 heavy (non-hydrogen) atoms. The molecule has 0 radical (unpaired) electrons. The maximum atomic E-state index is 13.8. The van der Waals surface area contributed by atoms with Crippen molar-refractivity contribution in [1.29, 1.82) is 0 Å². The highest BCUT2D eigenvalue weighted by Gasteiger charge is 2.26. The van der Waals surface area contributed by atoms with E-state index in [-0.39, 0.29) is 30.1 Å². The second-order valence-corrected chi connectivity index (χ2v) is 9.36. The summed E-state index contributed by atoms with van der Waals surface area (Å²) in [6.07, 6.45) is 8.08. The summed E-state index contributed by atoms with van der Waals surface area (Å²) in [7, 11) is 0. The zero-order chi connectivity index (χ0) is 25.6. The van der Waals surface area contributed by atoms with Crippen molar-refractivity contribution in [2.45, 2.75) is 33.0 Å².